The van der Waals surface area contributed by atoms with Crippen molar-refractivity contribution in [3.05, 3.63) is 58.7 Å². The quantitative estimate of drug-likeness (QED) is 0.564. The van der Waals surface area contributed by atoms with Gasteiger partial charge in [-0.1, -0.05) is 60.9 Å². The third kappa shape index (κ3) is 6.17. The molecule has 0 aromatic rings. The van der Waals surface area contributed by atoms with Gasteiger partial charge in [-0.05, 0) is 57.1 Å². The van der Waals surface area contributed by atoms with Crippen LogP contribution in [0.4, 0.5) is 0 Å². The van der Waals surface area contributed by atoms with Crippen molar-refractivity contribution in [2.75, 3.05) is 0 Å². The summed E-state index contributed by atoms with van der Waals surface area (Å²) in [4.78, 5) is 0. The summed E-state index contributed by atoms with van der Waals surface area (Å²) in [6.07, 6.45) is 14.0. The zero-order valence-electron chi connectivity index (χ0n) is 14.6. The van der Waals surface area contributed by atoms with Crippen LogP contribution in [0.3, 0.4) is 0 Å². The van der Waals surface area contributed by atoms with Crippen LogP contribution in [0.25, 0.3) is 0 Å². The monoisotopic (exact) mass is 302 g/mol. The first-order valence-electron chi connectivity index (χ1n) is 8.00. The third-order valence-corrected chi connectivity index (χ3v) is 4.19. The second kappa shape index (κ2) is 8.30. The van der Waals surface area contributed by atoms with Crippen molar-refractivity contribution >= 4 is 0 Å². The third-order valence-electron chi connectivity index (χ3n) is 4.19. The lowest BCUT2D eigenvalue weighted by Gasteiger charge is -2.32. The van der Waals surface area contributed by atoms with Gasteiger partial charge >= 0.3 is 0 Å². The fourth-order valence-corrected chi connectivity index (χ4v) is 2.92. The van der Waals surface area contributed by atoms with Gasteiger partial charge in [-0.25, -0.2) is 0 Å². The largest absolute Gasteiger partial charge is 0.365 e. The Balaban J connectivity index is 2.77. The predicted octanol–water partition coefficient (Wildman–Crippen LogP) is 4.83. The molecule has 1 aliphatic rings. The zero-order valence-corrected chi connectivity index (χ0v) is 14.6. The molecule has 0 atom stereocenters. The zero-order chi connectivity index (χ0) is 16.8. The molecule has 1 aliphatic carbocycles. The Morgan fingerprint density at radius 2 is 1.82 bits per heavy atom. The Hall–Kier alpha value is -1.38. The summed E-state index contributed by atoms with van der Waals surface area (Å²) >= 11 is 0. The van der Waals surface area contributed by atoms with Crippen LogP contribution < -0.4 is 0 Å². The van der Waals surface area contributed by atoms with E-state index in [2.05, 4.69) is 39.8 Å². The molecule has 0 amide bonds. The van der Waals surface area contributed by atoms with Gasteiger partial charge in [-0.2, -0.15) is 0 Å². The van der Waals surface area contributed by atoms with Crippen molar-refractivity contribution in [1.82, 2.24) is 0 Å². The summed E-state index contributed by atoms with van der Waals surface area (Å²) in [5.74, 6) is 0. The van der Waals surface area contributed by atoms with Crippen molar-refractivity contribution in [1.29, 1.82) is 0 Å². The van der Waals surface area contributed by atoms with Crippen molar-refractivity contribution in [3.63, 3.8) is 0 Å². The Morgan fingerprint density at radius 3 is 2.41 bits per heavy atom. The first kappa shape index (κ1) is 18.7. The van der Waals surface area contributed by atoms with Gasteiger partial charge in [-0.3, -0.25) is 0 Å². The van der Waals surface area contributed by atoms with Gasteiger partial charge in [0.05, 0.1) is 0 Å². The lowest BCUT2D eigenvalue weighted by atomic mass is 9.72. The summed E-state index contributed by atoms with van der Waals surface area (Å²) in [7, 11) is 0. The maximum absolute atomic E-state index is 8.85. The fourth-order valence-electron chi connectivity index (χ4n) is 2.92. The lowest BCUT2D eigenvalue weighted by molar-refractivity contribution is 0.00192. The van der Waals surface area contributed by atoms with E-state index >= 15 is 0 Å². The van der Waals surface area contributed by atoms with Crippen LogP contribution in [-0.2, 0) is 0 Å². The SMILES string of the molecule is CC1=C(/C=C/C(C)=C\C=C\C(C)=C\C(O)O)C(C)(C)CCC1. The average Bonchev–Trinajstić information content (AvgIpc) is 2.36. The molecule has 1 rings (SSSR count). The molecule has 2 nitrogen and oxygen atoms in total. The smallest absolute Gasteiger partial charge is 0.171 e. The minimum Gasteiger partial charge on any atom is -0.365 e. The average molecular weight is 302 g/mol. The topological polar surface area (TPSA) is 40.5 Å². The van der Waals surface area contributed by atoms with Crippen molar-refractivity contribution in [2.24, 2.45) is 5.41 Å². The first-order chi connectivity index (χ1) is 10.2. The van der Waals surface area contributed by atoms with E-state index in [4.69, 9.17) is 10.2 Å². The molecular weight excluding hydrogens is 272 g/mol. The molecule has 0 fully saturated rings. The predicted molar refractivity (Wildman–Crippen MR) is 94.4 cm³/mol. The van der Waals surface area contributed by atoms with E-state index in [1.54, 1.807) is 0 Å². The summed E-state index contributed by atoms with van der Waals surface area (Å²) in [6.45, 7) is 10.8. The molecule has 0 radical (unpaired) electrons. The summed E-state index contributed by atoms with van der Waals surface area (Å²) in [6, 6.07) is 0. The minimum absolute atomic E-state index is 0.269. The van der Waals surface area contributed by atoms with Crippen LogP contribution in [0.2, 0.25) is 0 Å². The Kier molecular flexibility index (Phi) is 7.05. The molecule has 2 heteroatoms. The maximum atomic E-state index is 8.85. The molecule has 0 aromatic heterocycles. The van der Waals surface area contributed by atoms with Crippen molar-refractivity contribution in [3.8, 4) is 0 Å². The molecule has 0 aromatic carbocycles. The molecule has 0 unspecified atom stereocenters. The van der Waals surface area contributed by atoms with E-state index < -0.39 is 6.29 Å². The highest BCUT2D eigenvalue weighted by molar-refractivity contribution is 5.37. The van der Waals surface area contributed by atoms with Crippen LogP contribution in [0.15, 0.2) is 58.7 Å². The lowest BCUT2D eigenvalue weighted by Crippen LogP contribution is -2.19. The van der Waals surface area contributed by atoms with Crippen molar-refractivity contribution < 1.29 is 10.2 Å². The first-order valence-corrected chi connectivity index (χ1v) is 8.00. The van der Waals surface area contributed by atoms with E-state index in [1.807, 2.05) is 25.2 Å². The molecule has 0 saturated heterocycles. The van der Waals surface area contributed by atoms with Crippen molar-refractivity contribution in [2.45, 2.75) is 60.2 Å². The fraction of sp³-hybridized carbons (Fsp3) is 0.500. The van der Waals surface area contributed by atoms with E-state index in [0.717, 1.165) is 5.57 Å². The van der Waals surface area contributed by atoms with Crippen LogP contribution in [0.5, 0.6) is 0 Å². The molecule has 0 spiro atoms. The van der Waals surface area contributed by atoms with Gasteiger partial charge in [0.1, 0.15) is 0 Å². The molecule has 122 valence electrons. The van der Waals surface area contributed by atoms with Crippen LogP contribution in [0.1, 0.15) is 53.9 Å². The van der Waals surface area contributed by atoms with Crippen LogP contribution in [-0.4, -0.2) is 16.5 Å². The number of aliphatic hydroxyl groups is 2. The highest BCUT2D eigenvalue weighted by atomic mass is 16.5. The Morgan fingerprint density at radius 1 is 1.14 bits per heavy atom. The van der Waals surface area contributed by atoms with Gasteiger partial charge in [0.25, 0.3) is 0 Å². The van der Waals surface area contributed by atoms with E-state index in [1.165, 1.54) is 42.1 Å². The second-order valence-electron chi connectivity index (χ2n) is 6.86. The Labute approximate surface area is 135 Å². The highest BCUT2D eigenvalue weighted by Crippen LogP contribution is 2.40. The van der Waals surface area contributed by atoms with E-state index in [-0.39, 0.29) is 5.41 Å². The molecule has 2 N–H and O–H groups in total. The van der Waals surface area contributed by atoms with Crippen LogP contribution >= 0.6 is 0 Å². The molecule has 0 heterocycles. The molecule has 0 bridgehead atoms. The van der Waals surface area contributed by atoms with E-state index in [0.29, 0.717) is 0 Å². The number of rotatable bonds is 5. The normalized spacial score (nSPS) is 20.7. The van der Waals surface area contributed by atoms with Gasteiger partial charge in [0.15, 0.2) is 6.29 Å². The second-order valence-corrected chi connectivity index (χ2v) is 6.86. The van der Waals surface area contributed by atoms with Crippen LogP contribution in [0, 0.1) is 5.41 Å². The minimum atomic E-state index is -1.39. The van der Waals surface area contributed by atoms with E-state index in [9.17, 15) is 0 Å². The summed E-state index contributed by atoms with van der Waals surface area (Å²) < 4.78 is 0. The van der Waals surface area contributed by atoms with Gasteiger partial charge in [-0.15, -0.1) is 0 Å². The van der Waals surface area contributed by atoms with Gasteiger partial charge in [0.2, 0.25) is 0 Å². The summed E-state index contributed by atoms with van der Waals surface area (Å²) in [5, 5.41) is 17.7. The maximum Gasteiger partial charge on any atom is 0.171 e. The molecule has 0 saturated carbocycles. The van der Waals surface area contributed by atoms with Gasteiger partial charge < -0.3 is 10.2 Å². The standard InChI is InChI=1S/C20H30O2/c1-15(8-6-9-16(2)14-19(21)22)11-12-18-17(3)10-7-13-20(18,4)5/h6,8-9,11-12,14,19,21-22H,7,10,13H2,1-5H3/b9-6+,12-11+,15-8-,16-14+. The molecule has 0 aliphatic heterocycles. The molecule has 22 heavy (non-hydrogen) atoms. The molecular formula is C20H30O2. The number of aliphatic hydroxyl groups excluding tert-OH is 1. The summed E-state index contributed by atoms with van der Waals surface area (Å²) in [5.41, 5.74) is 5.25. The number of allylic oxidation sites excluding steroid dienone is 9. The van der Waals surface area contributed by atoms with Gasteiger partial charge in [0, 0.05) is 0 Å². The number of hydrogen-bond acceptors (Lipinski definition) is 2. The Bertz CT molecular complexity index is 526. The highest BCUT2D eigenvalue weighted by Gasteiger charge is 2.26. The number of hydrogen-bond donors (Lipinski definition) is 2.